The Hall–Kier alpha value is -1.88. The van der Waals surface area contributed by atoms with Crippen molar-refractivity contribution in [1.82, 2.24) is 0 Å². The highest BCUT2D eigenvalue weighted by atomic mass is 16.6. The number of hydrogen-bond donors (Lipinski definition) is 0. The van der Waals surface area contributed by atoms with E-state index in [1.54, 1.807) is 13.8 Å². The first-order valence-corrected chi connectivity index (χ1v) is 8.71. The summed E-state index contributed by atoms with van der Waals surface area (Å²) >= 11 is 0. The molecule has 0 saturated carbocycles. The lowest BCUT2D eigenvalue weighted by atomic mass is 9.74. The molecule has 1 aromatic rings. The molecular formula is C20H30O5. The van der Waals surface area contributed by atoms with Gasteiger partial charge in [0.1, 0.15) is 0 Å². The van der Waals surface area contributed by atoms with E-state index in [1.807, 2.05) is 51.1 Å². The summed E-state index contributed by atoms with van der Waals surface area (Å²) in [6.07, 6.45) is 0.284. The monoisotopic (exact) mass is 350 g/mol. The van der Waals surface area contributed by atoms with Crippen molar-refractivity contribution in [2.45, 2.75) is 47.6 Å². The summed E-state index contributed by atoms with van der Waals surface area (Å²) in [5.74, 6) is -1.17. The van der Waals surface area contributed by atoms with Crippen LogP contribution in [0.3, 0.4) is 0 Å². The molecule has 0 aliphatic carbocycles. The quantitative estimate of drug-likeness (QED) is 0.501. The number of hydrogen-bond acceptors (Lipinski definition) is 5. The van der Waals surface area contributed by atoms with Crippen LogP contribution in [0.2, 0.25) is 0 Å². The molecule has 0 unspecified atom stereocenters. The van der Waals surface area contributed by atoms with Crippen LogP contribution < -0.4 is 0 Å². The van der Waals surface area contributed by atoms with Crippen molar-refractivity contribution in [2.24, 2.45) is 10.8 Å². The molecule has 5 nitrogen and oxygen atoms in total. The summed E-state index contributed by atoms with van der Waals surface area (Å²) < 4.78 is 16.2. The lowest BCUT2D eigenvalue weighted by Crippen LogP contribution is -2.48. The number of ether oxygens (including phenoxy) is 3. The first-order chi connectivity index (χ1) is 11.7. The summed E-state index contributed by atoms with van der Waals surface area (Å²) in [7, 11) is 0. The Kier molecular flexibility index (Phi) is 8.10. The maximum absolute atomic E-state index is 12.7. The van der Waals surface area contributed by atoms with Crippen molar-refractivity contribution in [3.8, 4) is 0 Å². The maximum Gasteiger partial charge on any atom is 0.325 e. The Bertz CT molecular complexity index is 527. The lowest BCUT2D eigenvalue weighted by molar-refractivity contribution is -0.180. The topological polar surface area (TPSA) is 61.8 Å². The molecule has 0 fully saturated rings. The van der Waals surface area contributed by atoms with E-state index in [0.29, 0.717) is 6.61 Å². The van der Waals surface area contributed by atoms with E-state index < -0.39 is 17.4 Å². The summed E-state index contributed by atoms with van der Waals surface area (Å²) in [4.78, 5) is 25.4. The van der Waals surface area contributed by atoms with Gasteiger partial charge < -0.3 is 14.2 Å². The average Bonchev–Trinajstić information content (AvgIpc) is 2.54. The lowest BCUT2D eigenvalue weighted by Gasteiger charge is -2.34. The summed E-state index contributed by atoms with van der Waals surface area (Å²) in [5.41, 5.74) is -0.769. The second-order valence-electron chi connectivity index (χ2n) is 7.24. The maximum atomic E-state index is 12.7. The van der Waals surface area contributed by atoms with Gasteiger partial charge in [-0.2, -0.15) is 0 Å². The molecule has 140 valence electrons. The van der Waals surface area contributed by atoms with Gasteiger partial charge >= 0.3 is 11.9 Å². The van der Waals surface area contributed by atoms with E-state index in [4.69, 9.17) is 14.2 Å². The van der Waals surface area contributed by atoms with Gasteiger partial charge in [-0.3, -0.25) is 9.59 Å². The third kappa shape index (κ3) is 6.50. The van der Waals surface area contributed by atoms with Gasteiger partial charge in [0.05, 0.1) is 26.4 Å². The first-order valence-electron chi connectivity index (χ1n) is 8.71. The van der Waals surface area contributed by atoms with Gasteiger partial charge in [-0.15, -0.1) is 0 Å². The largest absolute Gasteiger partial charge is 0.465 e. The summed E-state index contributed by atoms with van der Waals surface area (Å²) in [6, 6.07) is 9.61. The van der Waals surface area contributed by atoms with E-state index in [0.717, 1.165) is 5.56 Å². The van der Waals surface area contributed by atoms with Gasteiger partial charge in [-0.05, 0) is 31.2 Å². The Morgan fingerprint density at radius 3 is 1.88 bits per heavy atom. The molecule has 0 heterocycles. The average molecular weight is 350 g/mol. The van der Waals surface area contributed by atoms with Crippen molar-refractivity contribution < 1.29 is 23.8 Å². The van der Waals surface area contributed by atoms with Crippen molar-refractivity contribution in [3.63, 3.8) is 0 Å². The van der Waals surface area contributed by atoms with Gasteiger partial charge in [-0.25, -0.2) is 0 Å². The SMILES string of the molecule is CCOC(=O)C(COCc1ccccc1)(CC(C)(C)C)C(=O)OCC. The Labute approximate surface area is 150 Å². The highest BCUT2D eigenvalue weighted by molar-refractivity contribution is 6.00. The second kappa shape index (κ2) is 9.56. The van der Waals surface area contributed by atoms with Crippen molar-refractivity contribution in [1.29, 1.82) is 0 Å². The molecule has 0 atom stereocenters. The zero-order valence-electron chi connectivity index (χ0n) is 16.0. The van der Waals surface area contributed by atoms with Crippen LogP contribution in [-0.2, 0) is 30.4 Å². The molecule has 0 spiro atoms. The molecule has 0 N–H and O–H groups in total. The van der Waals surface area contributed by atoms with Crippen LogP contribution in [0.15, 0.2) is 30.3 Å². The molecular weight excluding hydrogens is 320 g/mol. The smallest absolute Gasteiger partial charge is 0.325 e. The second-order valence-corrected chi connectivity index (χ2v) is 7.24. The van der Waals surface area contributed by atoms with Gasteiger partial charge in [0.2, 0.25) is 0 Å². The zero-order valence-corrected chi connectivity index (χ0v) is 16.0. The Morgan fingerprint density at radius 1 is 0.920 bits per heavy atom. The zero-order chi connectivity index (χ0) is 18.9. The minimum Gasteiger partial charge on any atom is -0.465 e. The van der Waals surface area contributed by atoms with Crippen LogP contribution in [0.5, 0.6) is 0 Å². The molecule has 0 bridgehead atoms. The van der Waals surface area contributed by atoms with Crippen LogP contribution in [-0.4, -0.2) is 31.8 Å². The normalized spacial score (nSPS) is 11.9. The van der Waals surface area contributed by atoms with Crippen LogP contribution in [0, 0.1) is 10.8 Å². The Morgan fingerprint density at radius 2 is 1.44 bits per heavy atom. The predicted molar refractivity (Wildman–Crippen MR) is 95.9 cm³/mol. The fraction of sp³-hybridized carbons (Fsp3) is 0.600. The molecule has 0 radical (unpaired) electrons. The number of rotatable bonds is 9. The molecule has 0 aromatic heterocycles. The summed E-state index contributed by atoms with van der Waals surface area (Å²) in [5, 5.41) is 0. The third-order valence-electron chi connectivity index (χ3n) is 3.62. The van der Waals surface area contributed by atoms with E-state index >= 15 is 0 Å². The van der Waals surface area contributed by atoms with Gasteiger partial charge in [0.15, 0.2) is 5.41 Å². The predicted octanol–water partition coefficient (Wildman–Crippen LogP) is 3.75. The number of carbonyl (C=O) groups excluding carboxylic acids is 2. The van der Waals surface area contributed by atoms with Gasteiger partial charge in [-0.1, -0.05) is 51.1 Å². The van der Waals surface area contributed by atoms with Gasteiger partial charge in [0, 0.05) is 0 Å². The van der Waals surface area contributed by atoms with Crippen LogP contribution in [0.4, 0.5) is 0 Å². The van der Waals surface area contributed by atoms with E-state index in [2.05, 4.69) is 0 Å². The Balaban J connectivity index is 3.03. The molecule has 0 amide bonds. The van der Waals surface area contributed by atoms with Crippen LogP contribution in [0.25, 0.3) is 0 Å². The molecule has 5 heteroatoms. The fourth-order valence-corrected chi connectivity index (χ4v) is 2.76. The highest BCUT2D eigenvalue weighted by Crippen LogP contribution is 2.37. The van der Waals surface area contributed by atoms with Crippen molar-refractivity contribution in [3.05, 3.63) is 35.9 Å². The van der Waals surface area contributed by atoms with Crippen molar-refractivity contribution in [2.75, 3.05) is 19.8 Å². The molecule has 1 rings (SSSR count). The fourth-order valence-electron chi connectivity index (χ4n) is 2.76. The minimum absolute atomic E-state index is 0.0726. The molecule has 0 saturated heterocycles. The van der Waals surface area contributed by atoms with E-state index in [1.165, 1.54) is 0 Å². The molecule has 1 aromatic carbocycles. The summed E-state index contributed by atoms with van der Waals surface area (Å²) in [6.45, 7) is 9.98. The van der Waals surface area contributed by atoms with Crippen LogP contribution in [0.1, 0.15) is 46.6 Å². The minimum atomic E-state index is -1.46. The number of benzene rings is 1. The highest BCUT2D eigenvalue weighted by Gasteiger charge is 2.51. The molecule has 0 aliphatic rings. The number of esters is 2. The number of carbonyl (C=O) groups is 2. The van der Waals surface area contributed by atoms with Crippen LogP contribution >= 0.6 is 0 Å². The van der Waals surface area contributed by atoms with E-state index in [9.17, 15) is 9.59 Å². The van der Waals surface area contributed by atoms with Crippen molar-refractivity contribution >= 4 is 11.9 Å². The first kappa shape index (κ1) is 21.2. The van der Waals surface area contributed by atoms with Gasteiger partial charge in [0.25, 0.3) is 0 Å². The molecule has 0 aliphatic heterocycles. The third-order valence-corrected chi connectivity index (χ3v) is 3.62. The standard InChI is InChI=1S/C20H30O5/c1-6-24-17(21)20(14-19(3,4)5,18(22)25-7-2)15-23-13-16-11-9-8-10-12-16/h8-12H,6-7,13-15H2,1-5H3. The molecule has 25 heavy (non-hydrogen) atoms. The van der Waals surface area contributed by atoms with E-state index in [-0.39, 0.29) is 31.7 Å².